The molecule has 3 rings (SSSR count). The summed E-state index contributed by atoms with van der Waals surface area (Å²) in [6, 6.07) is 6.04. The van der Waals surface area contributed by atoms with Gasteiger partial charge in [0.15, 0.2) is 12.1 Å². The van der Waals surface area contributed by atoms with Crippen LogP contribution in [0, 0.1) is 11.7 Å². The Hall–Kier alpha value is -2.70. The van der Waals surface area contributed by atoms with E-state index in [4.69, 9.17) is 4.42 Å². The molecule has 0 N–H and O–H groups in total. The SMILES string of the molecule is CCc1ocnc1C(=O)N1CCC(=O)N(Cc2ccc(F)cc2)C(C(C)C)C1. The van der Waals surface area contributed by atoms with Crippen molar-refractivity contribution in [2.75, 3.05) is 13.1 Å². The molecule has 0 spiro atoms. The number of benzene rings is 1. The molecule has 1 saturated heterocycles. The summed E-state index contributed by atoms with van der Waals surface area (Å²) in [5, 5.41) is 0. The van der Waals surface area contributed by atoms with Crippen LogP contribution in [0.25, 0.3) is 0 Å². The van der Waals surface area contributed by atoms with Crippen molar-refractivity contribution in [2.45, 2.75) is 46.2 Å². The van der Waals surface area contributed by atoms with Crippen LogP contribution in [0.2, 0.25) is 0 Å². The minimum absolute atomic E-state index is 0.00538. The Morgan fingerprint density at radius 1 is 1.32 bits per heavy atom. The van der Waals surface area contributed by atoms with Crippen LogP contribution in [-0.2, 0) is 17.8 Å². The van der Waals surface area contributed by atoms with Gasteiger partial charge in [-0.25, -0.2) is 9.37 Å². The molecule has 2 aromatic rings. The zero-order valence-electron chi connectivity index (χ0n) is 16.5. The van der Waals surface area contributed by atoms with E-state index in [1.807, 2.05) is 25.7 Å². The standard InChI is InChI=1S/C21H26FN3O3/c1-4-18-20(23-13-28-18)21(27)24-10-9-19(26)25(17(12-24)14(2)3)11-15-5-7-16(22)8-6-15/h5-8,13-14,17H,4,9-12H2,1-3H3. The van der Waals surface area contributed by atoms with Crippen molar-refractivity contribution in [2.24, 2.45) is 5.92 Å². The van der Waals surface area contributed by atoms with Crippen molar-refractivity contribution in [3.63, 3.8) is 0 Å². The largest absolute Gasteiger partial charge is 0.448 e. The predicted octanol–water partition coefficient (Wildman–Crippen LogP) is 3.28. The zero-order chi connectivity index (χ0) is 20.3. The minimum Gasteiger partial charge on any atom is -0.448 e. The van der Waals surface area contributed by atoms with E-state index in [2.05, 4.69) is 4.98 Å². The van der Waals surface area contributed by atoms with Crippen molar-refractivity contribution in [3.8, 4) is 0 Å². The lowest BCUT2D eigenvalue weighted by Crippen LogP contribution is -2.47. The van der Waals surface area contributed by atoms with Gasteiger partial charge in [-0.15, -0.1) is 0 Å². The summed E-state index contributed by atoms with van der Waals surface area (Å²) in [6.07, 6.45) is 2.11. The second kappa shape index (κ2) is 8.54. The molecule has 0 bridgehead atoms. The maximum Gasteiger partial charge on any atom is 0.276 e. The molecule has 1 atom stereocenters. The van der Waals surface area contributed by atoms with E-state index in [1.54, 1.807) is 17.0 Å². The number of hydrogen-bond acceptors (Lipinski definition) is 4. The highest BCUT2D eigenvalue weighted by atomic mass is 19.1. The average Bonchev–Trinajstić information content (AvgIpc) is 3.09. The maximum absolute atomic E-state index is 13.2. The monoisotopic (exact) mass is 387 g/mol. The van der Waals surface area contributed by atoms with Crippen LogP contribution in [0.3, 0.4) is 0 Å². The Morgan fingerprint density at radius 3 is 2.68 bits per heavy atom. The van der Waals surface area contributed by atoms with Gasteiger partial charge < -0.3 is 14.2 Å². The van der Waals surface area contributed by atoms with Gasteiger partial charge in [-0.2, -0.15) is 0 Å². The quantitative estimate of drug-likeness (QED) is 0.790. The van der Waals surface area contributed by atoms with Crippen molar-refractivity contribution in [3.05, 3.63) is 53.5 Å². The number of nitrogens with zero attached hydrogens (tertiary/aromatic N) is 3. The summed E-state index contributed by atoms with van der Waals surface area (Å²) < 4.78 is 18.5. The topological polar surface area (TPSA) is 66.7 Å². The van der Waals surface area contributed by atoms with Gasteiger partial charge in [0.1, 0.15) is 11.6 Å². The summed E-state index contributed by atoms with van der Waals surface area (Å²) in [5.74, 6) is 0.204. The number of carbonyl (C=O) groups is 2. The lowest BCUT2D eigenvalue weighted by Gasteiger charge is -2.34. The van der Waals surface area contributed by atoms with Crippen molar-refractivity contribution >= 4 is 11.8 Å². The third-order valence-electron chi connectivity index (χ3n) is 5.21. The normalized spacial score (nSPS) is 17.9. The fourth-order valence-electron chi connectivity index (χ4n) is 3.57. The zero-order valence-corrected chi connectivity index (χ0v) is 16.5. The molecule has 1 aromatic carbocycles. The first-order chi connectivity index (χ1) is 13.4. The van der Waals surface area contributed by atoms with Crippen LogP contribution in [0.15, 0.2) is 35.1 Å². The molecule has 150 valence electrons. The number of halogens is 1. The van der Waals surface area contributed by atoms with E-state index in [0.717, 1.165) is 5.56 Å². The Labute approximate surface area is 164 Å². The van der Waals surface area contributed by atoms with E-state index in [-0.39, 0.29) is 36.0 Å². The number of aryl methyl sites for hydroxylation is 1. The van der Waals surface area contributed by atoms with Gasteiger partial charge >= 0.3 is 0 Å². The van der Waals surface area contributed by atoms with Crippen molar-refractivity contribution in [1.82, 2.24) is 14.8 Å². The molecule has 7 heteroatoms. The van der Waals surface area contributed by atoms with Gasteiger partial charge in [0.05, 0.1) is 6.04 Å². The third kappa shape index (κ3) is 4.24. The summed E-state index contributed by atoms with van der Waals surface area (Å²) in [5.41, 5.74) is 1.19. The van der Waals surface area contributed by atoms with Gasteiger partial charge in [-0.3, -0.25) is 9.59 Å². The molecule has 2 heterocycles. The molecule has 1 aliphatic heterocycles. The number of aromatic nitrogens is 1. The smallest absolute Gasteiger partial charge is 0.276 e. The molecule has 1 aromatic heterocycles. The van der Waals surface area contributed by atoms with E-state index in [1.165, 1.54) is 18.5 Å². The first-order valence-electron chi connectivity index (χ1n) is 9.66. The summed E-state index contributed by atoms with van der Waals surface area (Å²) in [4.78, 5) is 33.5. The van der Waals surface area contributed by atoms with Crippen LogP contribution in [0.5, 0.6) is 0 Å². The van der Waals surface area contributed by atoms with Crippen LogP contribution in [0.4, 0.5) is 4.39 Å². The summed E-state index contributed by atoms with van der Waals surface area (Å²) in [6.45, 7) is 7.16. The fourth-order valence-corrected chi connectivity index (χ4v) is 3.57. The predicted molar refractivity (Wildman–Crippen MR) is 102 cm³/mol. The number of rotatable bonds is 5. The van der Waals surface area contributed by atoms with Gasteiger partial charge in [-0.1, -0.05) is 32.9 Å². The molecule has 1 fully saturated rings. The number of hydrogen-bond donors (Lipinski definition) is 0. The molecule has 28 heavy (non-hydrogen) atoms. The maximum atomic E-state index is 13.2. The van der Waals surface area contributed by atoms with Gasteiger partial charge in [0.25, 0.3) is 5.91 Å². The minimum atomic E-state index is -0.303. The number of carbonyl (C=O) groups excluding carboxylic acids is 2. The van der Waals surface area contributed by atoms with Gasteiger partial charge in [0.2, 0.25) is 5.91 Å². The van der Waals surface area contributed by atoms with E-state index >= 15 is 0 Å². The third-order valence-corrected chi connectivity index (χ3v) is 5.21. The second-order valence-corrected chi connectivity index (χ2v) is 7.44. The molecule has 2 amide bonds. The van der Waals surface area contributed by atoms with E-state index in [9.17, 15) is 14.0 Å². The molecule has 1 unspecified atom stereocenters. The van der Waals surface area contributed by atoms with Crippen LogP contribution in [-0.4, -0.2) is 45.7 Å². The number of oxazole rings is 1. The van der Waals surface area contributed by atoms with E-state index in [0.29, 0.717) is 37.5 Å². The van der Waals surface area contributed by atoms with E-state index < -0.39 is 0 Å². The van der Waals surface area contributed by atoms with Crippen LogP contribution < -0.4 is 0 Å². The highest BCUT2D eigenvalue weighted by Crippen LogP contribution is 2.23. The average molecular weight is 387 g/mol. The van der Waals surface area contributed by atoms with Crippen LogP contribution in [0.1, 0.15) is 49.0 Å². The molecule has 6 nitrogen and oxygen atoms in total. The van der Waals surface area contributed by atoms with Gasteiger partial charge in [0, 0.05) is 32.5 Å². The summed E-state index contributed by atoms with van der Waals surface area (Å²) >= 11 is 0. The Bertz CT molecular complexity index is 832. The molecule has 0 radical (unpaired) electrons. The fraction of sp³-hybridized carbons (Fsp3) is 0.476. The molecule has 1 aliphatic rings. The highest BCUT2D eigenvalue weighted by Gasteiger charge is 2.34. The lowest BCUT2D eigenvalue weighted by molar-refractivity contribution is -0.134. The van der Waals surface area contributed by atoms with Crippen molar-refractivity contribution < 1.29 is 18.4 Å². The molecular weight excluding hydrogens is 361 g/mol. The Balaban J connectivity index is 1.83. The lowest BCUT2D eigenvalue weighted by atomic mass is 10.0. The van der Waals surface area contributed by atoms with Gasteiger partial charge in [-0.05, 0) is 23.6 Å². The Morgan fingerprint density at radius 2 is 2.04 bits per heavy atom. The molecule has 0 saturated carbocycles. The van der Waals surface area contributed by atoms with Crippen molar-refractivity contribution in [1.29, 1.82) is 0 Å². The first-order valence-corrected chi connectivity index (χ1v) is 9.66. The second-order valence-electron chi connectivity index (χ2n) is 7.44. The first kappa shape index (κ1) is 20.0. The summed E-state index contributed by atoms with van der Waals surface area (Å²) in [7, 11) is 0. The molecule has 0 aliphatic carbocycles. The van der Waals surface area contributed by atoms with Crippen LogP contribution >= 0.6 is 0 Å². The number of amides is 2. The Kier molecular flexibility index (Phi) is 6.11. The molecular formula is C21H26FN3O3. The highest BCUT2D eigenvalue weighted by molar-refractivity contribution is 5.93.